The third-order valence-electron chi connectivity index (χ3n) is 6.11. The van der Waals surface area contributed by atoms with Gasteiger partial charge in [-0.1, -0.05) is 23.9 Å². The quantitative estimate of drug-likeness (QED) is 0.384. The molecule has 2 aromatic heterocycles. The number of piperidine rings is 1. The fourth-order valence-corrected chi connectivity index (χ4v) is 5.35. The molecule has 1 fully saturated rings. The molecule has 0 spiro atoms. The molecule has 10 nitrogen and oxygen atoms in total. The summed E-state index contributed by atoms with van der Waals surface area (Å²) < 4.78 is 8.58. The number of fused-ring (bicyclic) bond motifs is 3. The number of aromatic nitrogens is 4. The monoisotopic (exact) mass is 486 g/mol. The van der Waals surface area contributed by atoms with Gasteiger partial charge in [0.05, 0.1) is 23.4 Å². The number of esters is 1. The van der Waals surface area contributed by atoms with Crippen molar-refractivity contribution in [3.63, 3.8) is 0 Å². The SMILES string of the molecule is CCOC(=O)CNC(=O)CSc1nnc2n(CC(=O)N3C(C)CCCC3C)c3ccccc3n12. The number of hydrogen-bond donors (Lipinski definition) is 1. The van der Waals surface area contributed by atoms with Crippen LogP contribution in [0.3, 0.4) is 0 Å². The maximum Gasteiger partial charge on any atom is 0.325 e. The van der Waals surface area contributed by atoms with E-state index in [1.165, 1.54) is 11.8 Å². The zero-order valence-corrected chi connectivity index (χ0v) is 20.5. The highest BCUT2D eigenvalue weighted by molar-refractivity contribution is 7.99. The minimum absolute atomic E-state index is 0.0681. The van der Waals surface area contributed by atoms with Crippen LogP contribution in [0.2, 0.25) is 0 Å². The molecule has 2 atom stereocenters. The first-order valence-electron chi connectivity index (χ1n) is 11.6. The van der Waals surface area contributed by atoms with E-state index >= 15 is 0 Å². The molecular formula is C23H30N6O4S. The van der Waals surface area contributed by atoms with Crippen molar-refractivity contribution in [2.24, 2.45) is 0 Å². The molecule has 2 amide bonds. The fraction of sp³-hybridized carbons (Fsp3) is 0.522. The first kappa shape index (κ1) is 24.1. The maximum atomic E-state index is 13.3. The molecule has 3 aromatic rings. The maximum absolute atomic E-state index is 13.3. The van der Waals surface area contributed by atoms with Crippen molar-refractivity contribution in [1.82, 2.24) is 29.4 Å². The van der Waals surface area contributed by atoms with Crippen LogP contribution in [-0.2, 0) is 25.7 Å². The van der Waals surface area contributed by atoms with E-state index in [-0.39, 0.29) is 49.3 Å². The van der Waals surface area contributed by atoms with E-state index in [1.807, 2.05) is 38.1 Å². The standard InChI is InChI=1S/C23H30N6O4S/c1-4-33-21(32)12-24-19(30)14-34-23-26-25-22-27(17-10-5-6-11-18(17)29(22)23)13-20(31)28-15(2)8-7-9-16(28)3/h5-6,10-11,15-16H,4,7-9,12-14H2,1-3H3,(H,24,30). The molecule has 0 radical (unpaired) electrons. The summed E-state index contributed by atoms with van der Waals surface area (Å²) in [5, 5.41) is 11.7. The van der Waals surface area contributed by atoms with Crippen LogP contribution < -0.4 is 5.32 Å². The van der Waals surface area contributed by atoms with Crippen LogP contribution >= 0.6 is 11.8 Å². The number of nitrogens with zero attached hydrogens (tertiary/aromatic N) is 5. The van der Waals surface area contributed by atoms with Gasteiger partial charge in [0.25, 0.3) is 0 Å². The van der Waals surface area contributed by atoms with Crippen molar-refractivity contribution in [2.75, 3.05) is 18.9 Å². The normalized spacial score (nSPS) is 18.4. The van der Waals surface area contributed by atoms with Gasteiger partial charge in [0.2, 0.25) is 17.6 Å². The molecule has 1 aliphatic heterocycles. The Morgan fingerprint density at radius 2 is 1.82 bits per heavy atom. The average molecular weight is 487 g/mol. The molecule has 0 bridgehead atoms. The van der Waals surface area contributed by atoms with E-state index < -0.39 is 5.97 Å². The van der Waals surface area contributed by atoms with Crippen LogP contribution in [0.5, 0.6) is 0 Å². The van der Waals surface area contributed by atoms with Crippen molar-refractivity contribution in [3.8, 4) is 0 Å². The number of carbonyl (C=O) groups is 3. The topological polar surface area (TPSA) is 111 Å². The van der Waals surface area contributed by atoms with Crippen LogP contribution in [0.15, 0.2) is 29.4 Å². The molecule has 1 aromatic carbocycles. The van der Waals surface area contributed by atoms with Crippen LogP contribution in [0.25, 0.3) is 16.8 Å². The van der Waals surface area contributed by atoms with Crippen LogP contribution in [0.1, 0.15) is 40.0 Å². The Labute approximate surface area is 202 Å². The Bertz CT molecular complexity index is 1190. The lowest BCUT2D eigenvalue weighted by Crippen LogP contribution is -2.48. The number of benzene rings is 1. The summed E-state index contributed by atoms with van der Waals surface area (Å²) in [5.74, 6) is -0.0843. The van der Waals surface area contributed by atoms with Crippen molar-refractivity contribution in [2.45, 2.75) is 63.8 Å². The van der Waals surface area contributed by atoms with E-state index in [0.29, 0.717) is 10.9 Å². The summed E-state index contributed by atoms with van der Waals surface area (Å²) in [7, 11) is 0. The largest absolute Gasteiger partial charge is 0.465 e. The minimum Gasteiger partial charge on any atom is -0.465 e. The number of para-hydroxylation sites is 2. The van der Waals surface area contributed by atoms with Gasteiger partial charge in [-0.3, -0.25) is 23.4 Å². The molecule has 3 heterocycles. The zero-order valence-electron chi connectivity index (χ0n) is 19.7. The first-order valence-corrected chi connectivity index (χ1v) is 12.6. The van der Waals surface area contributed by atoms with E-state index in [0.717, 1.165) is 30.3 Å². The van der Waals surface area contributed by atoms with Crippen molar-refractivity contribution in [1.29, 1.82) is 0 Å². The number of ether oxygens (including phenoxy) is 1. The number of imidazole rings is 1. The van der Waals surface area contributed by atoms with E-state index in [1.54, 1.807) is 6.92 Å². The molecule has 1 aliphatic rings. The van der Waals surface area contributed by atoms with Gasteiger partial charge < -0.3 is 15.0 Å². The predicted molar refractivity (Wildman–Crippen MR) is 128 cm³/mol. The Hall–Kier alpha value is -3.08. The van der Waals surface area contributed by atoms with E-state index in [9.17, 15) is 14.4 Å². The summed E-state index contributed by atoms with van der Waals surface area (Å²) in [4.78, 5) is 38.9. The van der Waals surface area contributed by atoms with Gasteiger partial charge in [-0.05, 0) is 52.2 Å². The molecule has 11 heteroatoms. The van der Waals surface area contributed by atoms with Gasteiger partial charge in [0.1, 0.15) is 13.1 Å². The van der Waals surface area contributed by atoms with Gasteiger partial charge in [0.15, 0.2) is 5.16 Å². The Kier molecular flexibility index (Phi) is 7.40. The Morgan fingerprint density at radius 1 is 1.12 bits per heavy atom. The van der Waals surface area contributed by atoms with Crippen LogP contribution in [0.4, 0.5) is 0 Å². The zero-order chi connectivity index (χ0) is 24.2. The van der Waals surface area contributed by atoms with Crippen LogP contribution in [0, 0.1) is 0 Å². The third kappa shape index (κ3) is 4.89. The Balaban J connectivity index is 1.55. The lowest BCUT2D eigenvalue weighted by atomic mass is 9.97. The average Bonchev–Trinajstić information content (AvgIpc) is 3.36. The van der Waals surface area contributed by atoms with Gasteiger partial charge in [-0.2, -0.15) is 0 Å². The van der Waals surface area contributed by atoms with Crippen molar-refractivity contribution >= 4 is 46.4 Å². The number of nitrogens with one attached hydrogen (secondary N) is 1. The summed E-state index contributed by atoms with van der Waals surface area (Å²) in [6.45, 7) is 6.20. The second-order valence-electron chi connectivity index (χ2n) is 8.49. The number of amides is 2. The second-order valence-corrected chi connectivity index (χ2v) is 9.44. The smallest absolute Gasteiger partial charge is 0.325 e. The molecule has 182 valence electrons. The molecule has 2 unspecified atom stereocenters. The predicted octanol–water partition coefficient (Wildman–Crippen LogP) is 2.24. The highest BCUT2D eigenvalue weighted by atomic mass is 32.2. The van der Waals surface area contributed by atoms with Gasteiger partial charge in [-0.15, -0.1) is 10.2 Å². The fourth-order valence-electron chi connectivity index (χ4n) is 4.58. The lowest BCUT2D eigenvalue weighted by Gasteiger charge is -2.39. The summed E-state index contributed by atoms with van der Waals surface area (Å²) in [5.41, 5.74) is 1.75. The highest BCUT2D eigenvalue weighted by Gasteiger charge is 2.30. The number of carbonyl (C=O) groups excluding carboxylic acids is 3. The first-order chi connectivity index (χ1) is 16.4. The molecule has 34 heavy (non-hydrogen) atoms. The van der Waals surface area contributed by atoms with Crippen LogP contribution in [-0.4, -0.2) is 72.8 Å². The van der Waals surface area contributed by atoms with Crippen molar-refractivity contribution in [3.05, 3.63) is 24.3 Å². The summed E-state index contributed by atoms with van der Waals surface area (Å²) in [6, 6.07) is 8.18. The van der Waals surface area contributed by atoms with E-state index in [4.69, 9.17) is 4.74 Å². The molecule has 1 saturated heterocycles. The van der Waals surface area contributed by atoms with Crippen molar-refractivity contribution < 1.29 is 19.1 Å². The van der Waals surface area contributed by atoms with E-state index in [2.05, 4.69) is 29.4 Å². The highest BCUT2D eigenvalue weighted by Crippen LogP contribution is 2.27. The second kappa shape index (κ2) is 10.5. The lowest BCUT2D eigenvalue weighted by molar-refractivity contribution is -0.143. The molecular weight excluding hydrogens is 456 g/mol. The van der Waals surface area contributed by atoms with Gasteiger partial charge in [-0.25, -0.2) is 0 Å². The number of likely N-dealkylation sites (tertiary alicyclic amines) is 1. The molecule has 4 rings (SSSR count). The van der Waals surface area contributed by atoms with Gasteiger partial charge >= 0.3 is 5.97 Å². The Morgan fingerprint density at radius 3 is 2.53 bits per heavy atom. The molecule has 1 N–H and O–H groups in total. The summed E-state index contributed by atoms with van der Waals surface area (Å²) >= 11 is 1.22. The molecule has 0 aliphatic carbocycles. The number of rotatable bonds is 8. The number of hydrogen-bond acceptors (Lipinski definition) is 7. The summed E-state index contributed by atoms with van der Waals surface area (Å²) in [6.07, 6.45) is 3.17. The minimum atomic E-state index is -0.476. The number of thioether (sulfide) groups is 1. The third-order valence-corrected chi connectivity index (χ3v) is 7.04. The van der Waals surface area contributed by atoms with Gasteiger partial charge in [0, 0.05) is 12.1 Å². The molecule has 0 saturated carbocycles.